The summed E-state index contributed by atoms with van der Waals surface area (Å²) in [6.45, 7) is 0.322. The summed E-state index contributed by atoms with van der Waals surface area (Å²) in [5, 5.41) is 0. The van der Waals surface area contributed by atoms with Crippen LogP contribution in [0.25, 0.3) is 0 Å². The van der Waals surface area contributed by atoms with Crippen molar-refractivity contribution in [2.75, 3.05) is 12.0 Å². The van der Waals surface area contributed by atoms with Crippen LogP contribution in [0.15, 0.2) is 42.5 Å². The van der Waals surface area contributed by atoms with Gasteiger partial charge in [-0.1, -0.05) is 0 Å². The molecule has 2 rings (SSSR count). The molecule has 0 unspecified atom stereocenters. The van der Waals surface area contributed by atoms with Gasteiger partial charge >= 0.3 is 141 Å². The van der Waals surface area contributed by atoms with Crippen molar-refractivity contribution in [1.82, 2.24) is 4.98 Å². The van der Waals surface area contributed by atoms with E-state index in [2.05, 4.69) is 45.4 Å². The molecule has 0 aliphatic rings. The molecule has 1 heterocycles. The van der Waals surface area contributed by atoms with E-state index in [0.717, 1.165) is 5.75 Å². The first-order valence-electron chi connectivity index (χ1n) is 6.57. The summed E-state index contributed by atoms with van der Waals surface area (Å²) in [5.74, 6) is 0.364. The van der Waals surface area contributed by atoms with E-state index in [1.54, 1.807) is 12.1 Å². The van der Waals surface area contributed by atoms with Crippen LogP contribution in [0.2, 0.25) is 0 Å². The first-order chi connectivity index (χ1) is 10.6. The molecular weight excluding hydrogens is 508 g/mol. The fraction of sp³-hybridized carbons (Fsp3) is 0.250. The number of ether oxygens (including phenoxy) is 2. The Morgan fingerprint density at radius 3 is 2.59 bits per heavy atom. The van der Waals surface area contributed by atoms with Crippen LogP contribution < -0.4 is 4.74 Å². The number of methoxy groups -OCH3 is 1. The van der Waals surface area contributed by atoms with E-state index in [0.29, 0.717) is 18.0 Å². The number of benzene rings is 1. The van der Waals surface area contributed by atoms with Gasteiger partial charge in [-0.15, -0.1) is 0 Å². The van der Waals surface area contributed by atoms with Gasteiger partial charge in [-0.25, -0.2) is 0 Å². The first-order valence-corrected chi connectivity index (χ1v) is 16.5. The average Bonchev–Trinajstić information content (AvgIpc) is 2.53. The number of rotatable bonds is 6. The Morgan fingerprint density at radius 1 is 1.23 bits per heavy atom. The molecule has 0 fully saturated rings. The number of nitrogens with zero attached hydrogens (tertiary/aromatic N) is 1. The third-order valence-electron chi connectivity index (χ3n) is 2.85. The van der Waals surface area contributed by atoms with Crippen LogP contribution in [0.5, 0.6) is 5.75 Å². The van der Waals surface area contributed by atoms with Crippen LogP contribution in [0.3, 0.4) is 0 Å². The van der Waals surface area contributed by atoms with Gasteiger partial charge in [-0.05, 0) is 0 Å². The molecule has 6 heteroatoms. The molecule has 0 bridgehead atoms. The van der Waals surface area contributed by atoms with Gasteiger partial charge < -0.3 is 0 Å². The second-order valence-electron chi connectivity index (χ2n) is 4.58. The van der Waals surface area contributed by atoms with Gasteiger partial charge in [0.25, 0.3) is 0 Å². The zero-order valence-electron chi connectivity index (χ0n) is 12.4. The Balaban J connectivity index is 1.96. The van der Waals surface area contributed by atoms with Crippen LogP contribution in [0.4, 0.5) is 0 Å². The van der Waals surface area contributed by atoms with Crippen LogP contribution in [-0.4, -0.2) is 23.0 Å². The SMILES string of the molecule is COC(=O)c1cccc(COc2ccc(CI(C)I)cc2)n1. The van der Waals surface area contributed by atoms with Gasteiger partial charge in [0.05, 0.1) is 7.11 Å². The second kappa shape index (κ2) is 8.66. The maximum absolute atomic E-state index is 11.4. The number of carbonyl (C=O) groups is 1. The van der Waals surface area contributed by atoms with Crippen molar-refractivity contribution in [3.63, 3.8) is 0 Å². The number of halogens is 2. The molecule has 0 atom stereocenters. The van der Waals surface area contributed by atoms with Crippen molar-refractivity contribution in [1.29, 1.82) is 0 Å². The Bertz CT molecular complexity index is 630. The quantitative estimate of drug-likeness (QED) is 0.318. The molecule has 4 nitrogen and oxygen atoms in total. The van der Waals surface area contributed by atoms with Crippen molar-refractivity contribution in [3.8, 4) is 5.75 Å². The molecule has 0 aliphatic heterocycles. The molecule has 1 aromatic carbocycles. The van der Waals surface area contributed by atoms with Crippen molar-refractivity contribution in [2.45, 2.75) is 11.0 Å². The Labute approximate surface area is 147 Å². The van der Waals surface area contributed by atoms with E-state index in [1.165, 1.54) is 17.1 Å². The summed E-state index contributed by atoms with van der Waals surface area (Å²) < 4.78 is 11.6. The normalized spacial score (nSPS) is 11.0. The molecule has 0 N–H and O–H groups in total. The molecule has 2 aromatic rings. The third-order valence-corrected chi connectivity index (χ3v) is 6.72. The molecule has 0 aliphatic carbocycles. The Morgan fingerprint density at radius 2 is 1.95 bits per heavy atom. The summed E-state index contributed by atoms with van der Waals surface area (Å²) in [6.07, 6.45) is 0. The maximum atomic E-state index is 11.4. The van der Waals surface area contributed by atoms with Gasteiger partial charge in [0.1, 0.15) is 0 Å². The van der Waals surface area contributed by atoms with Crippen molar-refractivity contribution in [2.24, 2.45) is 0 Å². The number of pyridine rings is 1. The zero-order chi connectivity index (χ0) is 15.9. The van der Waals surface area contributed by atoms with E-state index in [9.17, 15) is 4.79 Å². The molecule has 0 amide bonds. The van der Waals surface area contributed by atoms with Gasteiger partial charge in [0.15, 0.2) is 0 Å². The van der Waals surface area contributed by atoms with E-state index in [1.807, 2.05) is 18.2 Å². The summed E-state index contributed by atoms with van der Waals surface area (Å²) in [5.41, 5.74) is 2.35. The number of hydrogen-bond donors (Lipinski definition) is 0. The fourth-order valence-electron chi connectivity index (χ4n) is 1.82. The second-order valence-corrected chi connectivity index (χ2v) is 17.6. The first kappa shape index (κ1) is 17.5. The third kappa shape index (κ3) is 5.38. The molecule has 118 valence electrons. The zero-order valence-corrected chi connectivity index (χ0v) is 16.7. The monoisotopic (exact) mass is 525 g/mol. The number of hydrogen-bond acceptors (Lipinski definition) is 4. The minimum atomic E-state index is -0.779. The number of aromatic nitrogens is 1. The molecule has 0 radical (unpaired) electrons. The molecule has 0 saturated carbocycles. The van der Waals surface area contributed by atoms with Gasteiger partial charge in [-0.2, -0.15) is 0 Å². The van der Waals surface area contributed by atoms with Crippen LogP contribution in [0.1, 0.15) is 21.7 Å². The van der Waals surface area contributed by atoms with Gasteiger partial charge in [-0.3, -0.25) is 0 Å². The Kier molecular flexibility index (Phi) is 6.87. The van der Waals surface area contributed by atoms with Crippen molar-refractivity contribution < 1.29 is 14.3 Å². The molecule has 22 heavy (non-hydrogen) atoms. The van der Waals surface area contributed by atoms with E-state index in [4.69, 9.17) is 4.74 Å². The van der Waals surface area contributed by atoms with Crippen LogP contribution in [-0.2, 0) is 15.8 Å². The van der Waals surface area contributed by atoms with Crippen LogP contribution >= 0.6 is 34.5 Å². The van der Waals surface area contributed by atoms with E-state index in [-0.39, 0.29) is 0 Å². The summed E-state index contributed by atoms with van der Waals surface area (Å²) in [4.78, 5) is 18.0. The summed E-state index contributed by atoms with van der Waals surface area (Å²) in [6, 6.07) is 13.4. The molecule has 1 aromatic heterocycles. The standard InChI is InChI=1S/C16H17I2NO3/c1-18(17)10-12-6-8-14(9-7-12)22-11-13-4-3-5-15(19-13)16(20)21-2/h3-9H,10-11H2,1-2H3. The van der Waals surface area contributed by atoms with Gasteiger partial charge in [0, 0.05) is 0 Å². The Hall–Kier alpha value is -0.900. The number of esters is 1. The molecule has 0 spiro atoms. The predicted octanol–water partition coefficient (Wildman–Crippen LogP) is 4.43. The van der Waals surface area contributed by atoms with E-state index >= 15 is 0 Å². The minimum absolute atomic E-state index is 0.292. The van der Waals surface area contributed by atoms with E-state index < -0.39 is 21.8 Å². The number of alkyl halides is 2. The van der Waals surface area contributed by atoms with Gasteiger partial charge in [0.2, 0.25) is 0 Å². The topological polar surface area (TPSA) is 48.4 Å². The molecule has 0 saturated heterocycles. The van der Waals surface area contributed by atoms with Crippen molar-refractivity contribution in [3.05, 3.63) is 59.4 Å². The predicted molar refractivity (Wildman–Crippen MR) is 104 cm³/mol. The summed E-state index contributed by atoms with van der Waals surface area (Å²) in [7, 11) is 1.34. The fourth-order valence-corrected chi connectivity index (χ4v) is 5.78. The number of carbonyl (C=O) groups excluding carboxylic acids is 1. The van der Waals surface area contributed by atoms with Crippen molar-refractivity contribution >= 4 is 40.4 Å². The summed E-state index contributed by atoms with van der Waals surface area (Å²) >= 11 is 1.79. The van der Waals surface area contributed by atoms with Crippen LogP contribution in [0, 0.1) is 0 Å². The molecular formula is C16H17I2NO3. The average molecular weight is 525 g/mol.